The van der Waals surface area contributed by atoms with Crippen molar-refractivity contribution < 1.29 is 4.74 Å². The normalized spacial score (nSPS) is 26.8. The van der Waals surface area contributed by atoms with Gasteiger partial charge in [0.15, 0.2) is 5.96 Å². The van der Waals surface area contributed by atoms with Gasteiger partial charge in [-0.2, -0.15) is 0 Å². The van der Waals surface area contributed by atoms with Crippen molar-refractivity contribution in [1.82, 2.24) is 15.5 Å². The summed E-state index contributed by atoms with van der Waals surface area (Å²) in [5.74, 6) is 2.05. The highest BCUT2D eigenvalue weighted by Crippen LogP contribution is 2.41. The average molecular weight is 379 g/mol. The second-order valence-electron chi connectivity index (χ2n) is 7.75. The lowest BCUT2D eigenvalue weighted by atomic mass is 10.1. The minimum atomic E-state index is 0.212. The van der Waals surface area contributed by atoms with Gasteiger partial charge in [0.1, 0.15) is 0 Å². The van der Waals surface area contributed by atoms with Crippen LogP contribution in [0.1, 0.15) is 31.7 Å². The molecule has 0 radical (unpaired) electrons. The summed E-state index contributed by atoms with van der Waals surface area (Å²) in [6.45, 7) is 9.27. The van der Waals surface area contributed by atoms with Crippen molar-refractivity contribution in [3.05, 3.63) is 34.9 Å². The lowest BCUT2D eigenvalue weighted by Gasteiger charge is -2.34. The van der Waals surface area contributed by atoms with Crippen LogP contribution in [0, 0.1) is 5.92 Å². The molecule has 2 aliphatic rings. The summed E-state index contributed by atoms with van der Waals surface area (Å²) in [6, 6.07) is 8.56. The fourth-order valence-electron chi connectivity index (χ4n) is 3.63. The molecule has 1 heterocycles. The molecule has 2 N–H and O–H groups in total. The highest BCUT2D eigenvalue weighted by Gasteiger charge is 2.39. The fraction of sp³-hybridized carbons (Fsp3) is 0.650. The quantitative estimate of drug-likeness (QED) is 0.590. The predicted molar refractivity (Wildman–Crippen MR) is 108 cm³/mol. The zero-order valence-electron chi connectivity index (χ0n) is 16.0. The highest BCUT2D eigenvalue weighted by atomic mass is 35.5. The Hall–Kier alpha value is -1.30. The fourth-order valence-corrected chi connectivity index (χ4v) is 3.83. The minimum absolute atomic E-state index is 0.212. The minimum Gasteiger partial charge on any atom is -0.374 e. The molecule has 1 saturated carbocycles. The first-order valence-electron chi connectivity index (χ1n) is 9.61. The van der Waals surface area contributed by atoms with Crippen LogP contribution in [-0.4, -0.2) is 62.8 Å². The number of halogens is 1. The molecular formula is C20H31ClN4O. The van der Waals surface area contributed by atoms with E-state index in [1.165, 1.54) is 5.56 Å². The van der Waals surface area contributed by atoms with E-state index >= 15 is 0 Å². The molecule has 1 aliphatic heterocycles. The van der Waals surface area contributed by atoms with Gasteiger partial charge < -0.3 is 15.4 Å². The summed E-state index contributed by atoms with van der Waals surface area (Å²) in [6.07, 6.45) is 1.33. The van der Waals surface area contributed by atoms with E-state index in [0.717, 1.165) is 50.2 Å². The maximum atomic E-state index is 6.10. The smallest absolute Gasteiger partial charge is 0.191 e. The van der Waals surface area contributed by atoms with Gasteiger partial charge in [0.2, 0.25) is 0 Å². The van der Waals surface area contributed by atoms with E-state index in [9.17, 15) is 0 Å². The van der Waals surface area contributed by atoms with E-state index in [-0.39, 0.29) is 6.10 Å². The molecule has 0 spiro atoms. The van der Waals surface area contributed by atoms with Crippen LogP contribution in [0.3, 0.4) is 0 Å². The van der Waals surface area contributed by atoms with E-state index in [2.05, 4.69) is 46.5 Å². The van der Waals surface area contributed by atoms with Crippen LogP contribution in [0.15, 0.2) is 29.3 Å². The molecule has 0 bridgehead atoms. The van der Waals surface area contributed by atoms with Gasteiger partial charge in [0.05, 0.1) is 12.7 Å². The Morgan fingerprint density at radius 2 is 2.27 bits per heavy atom. The number of benzene rings is 1. The van der Waals surface area contributed by atoms with Gasteiger partial charge in [0.25, 0.3) is 0 Å². The van der Waals surface area contributed by atoms with Gasteiger partial charge in [0, 0.05) is 50.2 Å². The number of rotatable bonds is 6. The van der Waals surface area contributed by atoms with Crippen molar-refractivity contribution in [2.24, 2.45) is 10.9 Å². The van der Waals surface area contributed by atoms with Gasteiger partial charge in [-0.3, -0.25) is 9.89 Å². The van der Waals surface area contributed by atoms with Crippen molar-refractivity contribution in [2.45, 2.75) is 38.3 Å². The first kappa shape index (κ1) is 19.5. The number of guanidine groups is 1. The Balaban J connectivity index is 1.43. The zero-order valence-corrected chi connectivity index (χ0v) is 16.8. The summed E-state index contributed by atoms with van der Waals surface area (Å²) in [5.41, 5.74) is 1.30. The Morgan fingerprint density at radius 3 is 3.00 bits per heavy atom. The summed E-state index contributed by atoms with van der Waals surface area (Å²) >= 11 is 6.10. The van der Waals surface area contributed by atoms with E-state index in [1.54, 1.807) is 0 Å². The monoisotopic (exact) mass is 378 g/mol. The largest absolute Gasteiger partial charge is 0.374 e. The van der Waals surface area contributed by atoms with Crippen LogP contribution in [0.25, 0.3) is 0 Å². The molecule has 3 rings (SSSR count). The van der Waals surface area contributed by atoms with Gasteiger partial charge in [-0.1, -0.05) is 37.6 Å². The van der Waals surface area contributed by atoms with Crippen molar-refractivity contribution in [1.29, 1.82) is 0 Å². The van der Waals surface area contributed by atoms with Gasteiger partial charge in [-0.15, -0.1) is 0 Å². The van der Waals surface area contributed by atoms with Crippen LogP contribution in [-0.2, 0) is 4.74 Å². The standard InChI is InChI=1S/C20H31ClN4O/c1-14(2)12-25-7-8-26-17(13-25)11-23-20(22-3)24-19-10-18(19)15-5-4-6-16(21)9-15/h4-6,9,14,17-19H,7-8,10-13H2,1-3H3,(H2,22,23,24). The summed E-state index contributed by atoms with van der Waals surface area (Å²) in [4.78, 5) is 6.86. The van der Waals surface area contributed by atoms with Crippen molar-refractivity contribution in [2.75, 3.05) is 39.8 Å². The molecule has 0 amide bonds. The second kappa shape index (κ2) is 9.07. The Kier molecular flexibility index (Phi) is 6.79. The number of hydrogen-bond acceptors (Lipinski definition) is 3. The van der Waals surface area contributed by atoms with Crippen LogP contribution < -0.4 is 10.6 Å². The Bertz CT molecular complexity index is 622. The number of nitrogens with one attached hydrogen (secondary N) is 2. The zero-order chi connectivity index (χ0) is 18.5. The average Bonchev–Trinajstić information content (AvgIpc) is 3.37. The highest BCUT2D eigenvalue weighted by molar-refractivity contribution is 6.30. The van der Waals surface area contributed by atoms with Gasteiger partial charge in [-0.05, 0) is 30.0 Å². The summed E-state index contributed by atoms with van der Waals surface area (Å²) in [7, 11) is 1.82. The molecule has 1 aromatic rings. The summed E-state index contributed by atoms with van der Waals surface area (Å²) < 4.78 is 5.91. The lowest BCUT2D eigenvalue weighted by molar-refractivity contribution is -0.0284. The molecule has 5 nitrogen and oxygen atoms in total. The van der Waals surface area contributed by atoms with E-state index in [4.69, 9.17) is 16.3 Å². The molecule has 3 atom stereocenters. The number of ether oxygens (including phenoxy) is 1. The maximum absolute atomic E-state index is 6.10. The topological polar surface area (TPSA) is 48.9 Å². The molecule has 144 valence electrons. The van der Waals surface area contributed by atoms with Crippen LogP contribution in [0.4, 0.5) is 0 Å². The van der Waals surface area contributed by atoms with Gasteiger partial charge >= 0.3 is 0 Å². The molecule has 1 saturated heterocycles. The lowest BCUT2D eigenvalue weighted by Crippen LogP contribution is -2.50. The molecule has 2 fully saturated rings. The Morgan fingerprint density at radius 1 is 1.42 bits per heavy atom. The first-order valence-corrected chi connectivity index (χ1v) is 9.99. The third-order valence-corrected chi connectivity index (χ3v) is 5.19. The molecule has 26 heavy (non-hydrogen) atoms. The molecule has 6 heteroatoms. The number of aliphatic imine (C=N–C) groups is 1. The third kappa shape index (κ3) is 5.60. The van der Waals surface area contributed by atoms with Crippen LogP contribution >= 0.6 is 11.6 Å². The third-order valence-electron chi connectivity index (χ3n) is 4.96. The van der Waals surface area contributed by atoms with Crippen molar-refractivity contribution >= 4 is 17.6 Å². The first-order chi connectivity index (χ1) is 12.5. The van der Waals surface area contributed by atoms with Crippen molar-refractivity contribution in [3.8, 4) is 0 Å². The Labute approximate surface area is 162 Å². The molecule has 0 aromatic heterocycles. The maximum Gasteiger partial charge on any atom is 0.191 e. The number of morpholine rings is 1. The van der Waals surface area contributed by atoms with Gasteiger partial charge in [-0.25, -0.2) is 0 Å². The molecule has 3 unspecified atom stereocenters. The van der Waals surface area contributed by atoms with Crippen LogP contribution in [0.2, 0.25) is 5.02 Å². The molecule has 1 aromatic carbocycles. The second-order valence-corrected chi connectivity index (χ2v) is 8.18. The van der Waals surface area contributed by atoms with Crippen molar-refractivity contribution in [3.63, 3.8) is 0 Å². The van der Waals surface area contributed by atoms with E-state index in [0.29, 0.717) is 17.9 Å². The molecular weight excluding hydrogens is 348 g/mol. The summed E-state index contributed by atoms with van der Waals surface area (Å²) in [5, 5.41) is 7.75. The number of hydrogen-bond donors (Lipinski definition) is 2. The van der Waals surface area contributed by atoms with E-state index < -0.39 is 0 Å². The SMILES string of the molecule is CN=C(NCC1CN(CC(C)C)CCO1)NC1CC1c1cccc(Cl)c1. The van der Waals surface area contributed by atoms with Crippen LogP contribution in [0.5, 0.6) is 0 Å². The molecule has 1 aliphatic carbocycles. The van der Waals surface area contributed by atoms with E-state index in [1.807, 2.05) is 19.2 Å². The number of nitrogens with zero attached hydrogens (tertiary/aromatic N) is 2. The predicted octanol–water partition coefficient (Wildman–Crippen LogP) is 2.72.